The van der Waals surface area contributed by atoms with Crippen molar-refractivity contribution in [2.75, 3.05) is 4.90 Å². The lowest BCUT2D eigenvalue weighted by atomic mass is 9.82. The summed E-state index contributed by atoms with van der Waals surface area (Å²) < 4.78 is 8.89. The maximum absolute atomic E-state index is 6.23. The molecule has 0 aliphatic heterocycles. The molecule has 9 aromatic rings. The van der Waals surface area contributed by atoms with Crippen LogP contribution in [-0.4, -0.2) is 0 Å². The van der Waals surface area contributed by atoms with Gasteiger partial charge in [0.2, 0.25) is 0 Å². The second-order valence-electron chi connectivity index (χ2n) is 13.0. The highest BCUT2D eigenvalue weighted by Gasteiger charge is 2.35. The summed E-state index contributed by atoms with van der Waals surface area (Å²) in [5.41, 5.74) is 10.5. The van der Waals surface area contributed by atoms with Crippen LogP contribution in [0.15, 0.2) is 144 Å². The minimum Gasteiger partial charge on any atom is -0.456 e. The molecule has 0 radical (unpaired) electrons. The van der Waals surface area contributed by atoms with Crippen LogP contribution in [0.2, 0.25) is 0 Å². The molecule has 7 aromatic carbocycles. The molecule has 1 aliphatic rings. The van der Waals surface area contributed by atoms with Gasteiger partial charge in [-0.15, -0.1) is 11.3 Å². The predicted molar refractivity (Wildman–Crippen MR) is 196 cm³/mol. The Balaban J connectivity index is 1.21. The van der Waals surface area contributed by atoms with Gasteiger partial charge in [0.1, 0.15) is 11.2 Å². The van der Waals surface area contributed by atoms with Gasteiger partial charge in [-0.1, -0.05) is 92.7 Å². The predicted octanol–water partition coefficient (Wildman–Crippen LogP) is 12.9. The number of hydrogen-bond donors (Lipinski definition) is 0. The molecule has 0 fully saturated rings. The summed E-state index contributed by atoms with van der Waals surface area (Å²) in [5, 5.41) is 7.46. The van der Waals surface area contributed by atoms with Gasteiger partial charge in [0.15, 0.2) is 0 Å². The zero-order valence-electron chi connectivity index (χ0n) is 25.5. The normalized spacial score (nSPS) is 13.6. The topological polar surface area (TPSA) is 16.4 Å². The molecule has 0 saturated carbocycles. The lowest BCUT2D eigenvalue weighted by molar-refractivity contribution is 0.660. The highest BCUT2D eigenvalue weighted by Crippen LogP contribution is 2.51. The highest BCUT2D eigenvalue weighted by molar-refractivity contribution is 7.26. The Morgan fingerprint density at radius 1 is 0.500 bits per heavy atom. The number of anilines is 3. The van der Waals surface area contributed by atoms with Crippen molar-refractivity contribution in [3.8, 4) is 11.1 Å². The fraction of sp³-hybridized carbons (Fsp3) is 0.0698. The smallest absolute Gasteiger partial charge is 0.135 e. The molecule has 0 bridgehead atoms. The fourth-order valence-corrected chi connectivity index (χ4v) is 8.93. The summed E-state index contributed by atoms with van der Waals surface area (Å²) in [5.74, 6) is 0. The zero-order chi connectivity index (χ0) is 30.6. The number of benzene rings is 7. The maximum atomic E-state index is 6.23. The number of para-hydroxylation sites is 1. The summed E-state index contributed by atoms with van der Waals surface area (Å²) >= 11 is 1.87. The maximum Gasteiger partial charge on any atom is 0.135 e. The Labute approximate surface area is 270 Å². The van der Waals surface area contributed by atoms with Gasteiger partial charge < -0.3 is 9.32 Å². The molecule has 0 spiro atoms. The van der Waals surface area contributed by atoms with E-state index in [2.05, 4.69) is 146 Å². The van der Waals surface area contributed by atoms with Gasteiger partial charge in [0, 0.05) is 53.4 Å². The largest absolute Gasteiger partial charge is 0.456 e. The summed E-state index contributed by atoms with van der Waals surface area (Å²) in [4.78, 5) is 2.41. The molecule has 10 rings (SSSR count). The van der Waals surface area contributed by atoms with Crippen molar-refractivity contribution >= 4 is 81.3 Å². The quantitative estimate of drug-likeness (QED) is 0.199. The van der Waals surface area contributed by atoms with Crippen molar-refractivity contribution in [2.24, 2.45) is 0 Å². The molecule has 2 nitrogen and oxygen atoms in total. The third kappa shape index (κ3) is 3.58. The van der Waals surface area contributed by atoms with Crippen LogP contribution in [-0.2, 0) is 5.41 Å². The number of thiophene rings is 1. The summed E-state index contributed by atoms with van der Waals surface area (Å²) in [6.45, 7) is 4.70. The Morgan fingerprint density at radius 2 is 1.20 bits per heavy atom. The summed E-state index contributed by atoms with van der Waals surface area (Å²) in [6, 6.07) is 51.1. The molecule has 0 amide bonds. The summed E-state index contributed by atoms with van der Waals surface area (Å²) in [7, 11) is 0. The minimum atomic E-state index is -0.0900. The summed E-state index contributed by atoms with van der Waals surface area (Å²) in [6.07, 6.45) is 0. The SMILES string of the molecule is CC1(C)c2ccccc2-c2ccc(N(c3ccc4c(ccc5sc6ccccc6c54)c3)c3ccc4oc5ccccc5c4c3)cc21. The molecule has 1 aliphatic carbocycles. The van der Waals surface area contributed by atoms with Crippen LogP contribution in [0.1, 0.15) is 25.0 Å². The van der Waals surface area contributed by atoms with Crippen molar-refractivity contribution < 1.29 is 4.42 Å². The second-order valence-corrected chi connectivity index (χ2v) is 14.0. The molecule has 0 N–H and O–H groups in total. The van der Waals surface area contributed by atoms with Crippen molar-refractivity contribution in [3.05, 3.63) is 151 Å². The molecule has 0 saturated heterocycles. The minimum absolute atomic E-state index is 0.0900. The second kappa shape index (κ2) is 9.32. The van der Waals surface area contributed by atoms with Crippen molar-refractivity contribution in [3.63, 3.8) is 0 Å². The van der Waals surface area contributed by atoms with Gasteiger partial charge in [-0.2, -0.15) is 0 Å². The van der Waals surface area contributed by atoms with E-state index in [9.17, 15) is 0 Å². The Kier molecular flexibility index (Phi) is 5.25. The van der Waals surface area contributed by atoms with E-state index in [-0.39, 0.29) is 5.41 Å². The van der Waals surface area contributed by atoms with Crippen LogP contribution in [0.5, 0.6) is 0 Å². The first kappa shape index (κ1) is 25.9. The van der Waals surface area contributed by atoms with E-state index in [1.807, 2.05) is 23.5 Å². The number of nitrogens with zero attached hydrogens (tertiary/aromatic N) is 1. The number of rotatable bonds is 3. The van der Waals surface area contributed by atoms with Crippen LogP contribution in [0.25, 0.3) is 64.0 Å². The van der Waals surface area contributed by atoms with Crippen LogP contribution in [0.4, 0.5) is 17.1 Å². The standard InChI is InChI=1S/C43H29NOS/c1-43(2)36-12-6-3-9-31(36)32-20-17-29(25-37(32)43)44(28-18-21-39-35(24-28)33-10-4-7-13-38(33)45-39)27-16-19-30-26(23-27)15-22-41-42(30)34-11-5-8-14-40(34)46-41/h3-25H,1-2H3. The van der Waals surface area contributed by atoms with Gasteiger partial charge in [-0.3, -0.25) is 0 Å². The molecule has 2 aromatic heterocycles. The van der Waals surface area contributed by atoms with E-state index in [0.29, 0.717) is 0 Å². The van der Waals surface area contributed by atoms with Crippen LogP contribution < -0.4 is 4.90 Å². The van der Waals surface area contributed by atoms with Gasteiger partial charge in [0.05, 0.1) is 0 Å². The van der Waals surface area contributed by atoms with Crippen LogP contribution >= 0.6 is 11.3 Å². The first-order valence-electron chi connectivity index (χ1n) is 15.8. The number of fused-ring (bicyclic) bond motifs is 11. The van der Waals surface area contributed by atoms with E-state index in [0.717, 1.165) is 39.0 Å². The zero-order valence-corrected chi connectivity index (χ0v) is 26.4. The average Bonchev–Trinajstić information content (AvgIpc) is 3.73. The molecule has 2 heterocycles. The van der Waals surface area contributed by atoms with Gasteiger partial charge in [0.25, 0.3) is 0 Å². The Morgan fingerprint density at radius 3 is 2.13 bits per heavy atom. The Hall–Kier alpha value is -5.38. The van der Waals surface area contributed by atoms with Crippen LogP contribution in [0.3, 0.4) is 0 Å². The van der Waals surface area contributed by atoms with Gasteiger partial charge >= 0.3 is 0 Å². The monoisotopic (exact) mass is 607 g/mol. The first-order chi connectivity index (χ1) is 22.5. The number of furan rings is 1. The van der Waals surface area contributed by atoms with E-state index in [4.69, 9.17) is 4.42 Å². The first-order valence-corrected chi connectivity index (χ1v) is 16.7. The van der Waals surface area contributed by atoms with E-state index < -0.39 is 0 Å². The number of hydrogen-bond acceptors (Lipinski definition) is 3. The molecule has 46 heavy (non-hydrogen) atoms. The van der Waals surface area contributed by atoms with E-state index >= 15 is 0 Å². The third-order valence-electron chi connectivity index (χ3n) is 10.0. The van der Waals surface area contributed by atoms with E-state index in [1.54, 1.807) is 0 Å². The van der Waals surface area contributed by atoms with Gasteiger partial charge in [-0.25, -0.2) is 0 Å². The van der Waals surface area contributed by atoms with Gasteiger partial charge in [-0.05, 0) is 93.7 Å². The lowest BCUT2D eigenvalue weighted by Gasteiger charge is -2.28. The molecular formula is C43H29NOS. The lowest BCUT2D eigenvalue weighted by Crippen LogP contribution is -2.16. The van der Waals surface area contributed by atoms with Crippen molar-refractivity contribution in [1.82, 2.24) is 0 Å². The average molecular weight is 608 g/mol. The molecular weight excluding hydrogens is 579 g/mol. The highest BCUT2D eigenvalue weighted by atomic mass is 32.1. The van der Waals surface area contributed by atoms with Crippen LogP contribution in [0, 0.1) is 0 Å². The fourth-order valence-electron chi connectivity index (χ4n) is 7.81. The molecule has 3 heteroatoms. The van der Waals surface area contributed by atoms with Crippen molar-refractivity contribution in [1.29, 1.82) is 0 Å². The Bertz CT molecular complexity index is 2690. The molecule has 218 valence electrons. The van der Waals surface area contributed by atoms with Crippen molar-refractivity contribution in [2.45, 2.75) is 19.3 Å². The molecule has 0 unspecified atom stereocenters. The molecule has 0 atom stereocenters. The third-order valence-corrected chi connectivity index (χ3v) is 11.2. The van der Waals surface area contributed by atoms with E-state index in [1.165, 1.54) is 53.2 Å².